The van der Waals surface area contributed by atoms with Gasteiger partial charge in [-0.15, -0.1) is 0 Å². The molecule has 0 aromatic rings. The first-order chi connectivity index (χ1) is 7.00. The van der Waals surface area contributed by atoms with Crippen LogP contribution in [0.15, 0.2) is 0 Å². The summed E-state index contributed by atoms with van der Waals surface area (Å²) in [6, 6.07) is 0. The van der Waals surface area contributed by atoms with E-state index in [1.807, 2.05) is 0 Å². The van der Waals surface area contributed by atoms with E-state index in [9.17, 15) is 14.7 Å². The van der Waals surface area contributed by atoms with Crippen molar-refractivity contribution >= 4 is 11.7 Å². The molecule has 15 heavy (non-hydrogen) atoms. The summed E-state index contributed by atoms with van der Waals surface area (Å²) < 4.78 is 0. The number of amides is 1. The molecule has 0 aromatic carbocycles. The molecule has 1 N–H and O–H groups in total. The van der Waals surface area contributed by atoms with Gasteiger partial charge in [0.25, 0.3) is 0 Å². The Morgan fingerprint density at radius 1 is 1.33 bits per heavy atom. The SMILES string of the molecule is CC(C)C(=O)CC(=O)N1CCC(O)CC1. The third kappa shape index (κ3) is 3.63. The molecular formula is C11H19NO3. The monoisotopic (exact) mass is 213 g/mol. The third-order valence-electron chi connectivity index (χ3n) is 2.79. The van der Waals surface area contributed by atoms with Crippen LogP contribution in [0.4, 0.5) is 0 Å². The lowest BCUT2D eigenvalue weighted by molar-refractivity contribution is -0.137. The van der Waals surface area contributed by atoms with E-state index in [2.05, 4.69) is 0 Å². The Bertz CT molecular complexity index is 242. The predicted molar refractivity (Wildman–Crippen MR) is 56.3 cm³/mol. The molecule has 1 amide bonds. The van der Waals surface area contributed by atoms with Crippen LogP contribution in [0.3, 0.4) is 0 Å². The van der Waals surface area contributed by atoms with Gasteiger partial charge in [-0.1, -0.05) is 13.8 Å². The number of piperidine rings is 1. The molecule has 1 fully saturated rings. The van der Waals surface area contributed by atoms with Crippen molar-refractivity contribution in [3.63, 3.8) is 0 Å². The molecule has 0 aromatic heterocycles. The molecule has 4 nitrogen and oxygen atoms in total. The average molecular weight is 213 g/mol. The number of carbonyl (C=O) groups is 2. The van der Waals surface area contributed by atoms with Crippen molar-refractivity contribution in [3.8, 4) is 0 Å². The number of carbonyl (C=O) groups excluding carboxylic acids is 2. The highest BCUT2D eigenvalue weighted by Crippen LogP contribution is 2.12. The minimum Gasteiger partial charge on any atom is -0.393 e. The molecule has 4 heteroatoms. The van der Waals surface area contributed by atoms with Crippen LogP contribution in [0.5, 0.6) is 0 Å². The van der Waals surface area contributed by atoms with Crippen LogP contribution in [0.2, 0.25) is 0 Å². The van der Waals surface area contributed by atoms with Crippen molar-refractivity contribution in [1.82, 2.24) is 4.90 Å². The summed E-state index contributed by atoms with van der Waals surface area (Å²) in [7, 11) is 0. The van der Waals surface area contributed by atoms with Crippen molar-refractivity contribution in [2.45, 2.75) is 39.2 Å². The van der Waals surface area contributed by atoms with Gasteiger partial charge in [0.1, 0.15) is 5.78 Å². The molecule has 1 aliphatic heterocycles. The second kappa shape index (κ2) is 5.26. The first-order valence-electron chi connectivity index (χ1n) is 5.49. The Hall–Kier alpha value is -0.900. The van der Waals surface area contributed by atoms with Crippen molar-refractivity contribution < 1.29 is 14.7 Å². The molecule has 0 spiro atoms. The molecule has 0 aliphatic carbocycles. The Morgan fingerprint density at radius 2 is 1.87 bits per heavy atom. The van der Waals surface area contributed by atoms with Crippen LogP contribution < -0.4 is 0 Å². The van der Waals surface area contributed by atoms with E-state index in [1.165, 1.54) is 0 Å². The van der Waals surface area contributed by atoms with Gasteiger partial charge in [0.15, 0.2) is 0 Å². The number of aliphatic hydroxyl groups is 1. The number of hydrogen-bond donors (Lipinski definition) is 1. The average Bonchev–Trinajstić information content (AvgIpc) is 2.18. The Morgan fingerprint density at radius 3 is 2.33 bits per heavy atom. The summed E-state index contributed by atoms with van der Waals surface area (Å²) >= 11 is 0. The van der Waals surface area contributed by atoms with Crippen LogP contribution in [0, 0.1) is 5.92 Å². The predicted octanol–water partition coefficient (Wildman–Crippen LogP) is 0.585. The van der Waals surface area contributed by atoms with Crippen LogP contribution >= 0.6 is 0 Å². The molecule has 0 saturated carbocycles. The lowest BCUT2D eigenvalue weighted by atomic mass is 10.0. The van der Waals surface area contributed by atoms with E-state index in [-0.39, 0.29) is 30.1 Å². The lowest BCUT2D eigenvalue weighted by Crippen LogP contribution is -2.41. The zero-order valence-electron chi connectivity index (χ0n) is 9.40. The number of likely N-dealkylation sites (tertiary alicyclic amines) is 1. The van der Waals surface area contributed by atoms with Gasteiger partial charge in [0.2, 0.25) is 5.91 Å². The summed E-state index contributed by atoms with van der Waals surface area (Å²) in [5, 5.41) is 9.27. The number of aliphatic hydroxyl groups excluding tert-OH is 1. The van der Waals surface area contributed by atoms with E-state index in [1.54, 1.807) is 18.7 Å². The molecule has 0 bridgehead atoms. The fourth-order valence-electron chi connectivity index (χ4n) is 1.58. The summed E-state index contributed by atoms with van der Waals surface area (Å²) in [6.45, 7) is 4.75. The quantitative estimate of drug-likeness (QED) is 0.698. The standard InChI is InChI=1S/C11H19NO3/c1-8(2)10(14)7-11(15)12-5-3-9(13)4-6-12/h8-9,13H,3-7H2,1-2H3. The largest absolute Gasteiger partial charge is 0.393 e. The third-order valence-corrected chi connectivity index (χ3v) is 2.79. The maximum atomic E-state index is 11.6. The van der Waals surface area contributed by atoms with E-state index in [0.29, 0.717) is 25.9 Å². The molecule has 1 heterocycles. The zero-order valence-corrected chi connectivity index (χ0v) is 9.40. The zero-order chi connectivity index (χ0) is 11.4. The van der Waals surface area contributed by atoms with Crippen LogP contribution in [-0.2, 0) is 9.59 Å². The molecule has 0 radical (unpaired) electrons. The van der Waals surface area contributed by atoms with E-state index in [4.69, 9.17) is 0 Å². The minimum atomic E-state index is -0.283. The van der Waals surface area contributed by atoms with Crippen molar-refractivity contribution in [2.24, 2.45) is 5.92 Å². The maximum Gasteiger partial charge on any atom is 0.230 e. The smallest absolute Gasteiger partial charge is 0.230 e. The topological polar surface area (TPSA) is 57.6 Å². The Labute approximate surface area is 90.3 Å². The fourth-order valence-corrected chi connectivity index (χ4v) is 1.58. The van der Waals surface area contributed by atoms with Crippen LogP contribution in [0.25, 0.3) is 0 Å². The van der Waals surface area contributed by atoms with Crippen LogP contribution in [0.1, 0.15) is 33.1 Å². The van der Waals surface area contributed by atoms with Gasteiger partial charge >= 0.3 is 0 Å². The van der Waals surface area contributed by atoms with Gasteiger partial charge in [-0.2, -0.15) is 0 Å². The molecule has 1 rings (SSSR count). The number of Topliss-reactive ketones (excluding diaryl/α,β-unsaturated/α-hetero) is 1. The summed E-state index contributed by atoms with van der Waals surface area (Å²) in [6.07, 6.45) is 0.978. The fraction of sp³-hybridized carbons (Fsp3) is 0.818. The lowest BCUT2D eigenvalue weighted by Gasteiger charge is -2.29. The van der Waals surface area contributed by atoms with E-state index >= 15 is 0 Å². The Balaban J connectivity index is 2.37. The first-order valence-corrected chi connectivity index (χ1v) is 5.49. The summed E-state index contributed by atoms with van der Waals surface area (Å²) in [5.74, 6) is -0.184. The second-order valence-electron chi connectivity index (χ2n) is 4.41. The molecule has 1 saturated heterocycles. The van der Waals surface area contributed by atoms with E-state index < -0.39 is 0 Å². The van der Waals surface area contributed by atoms with Crippen molar-refractivity contribution in [1.29, 1.82) is 0 Å². The first kappa shape index (κ1) is 12.2. The number of nitrogens with zero attached hydrogens (tertiary/aromatic N) is 1. The van der Waals surface area contributed by atoms with Gasteiger partial charge in [0, 0.05) is 19.0 Å². The summed E-state index contributed by atoms with van der Waals surface area (Å²) in [5.41, 5.74) is 0. The molecular weight excluding hydrogens is 194 g/mol. The molecule has 0 atom stereocenters. The second-order valence-corrected chi connectivity index (χ2v) is 4.41. The van der Waals surface area contributed by atoms with Gasteiger partial charge in [-0.3, -0.25) is 9.59 Å². The number of hydrogen-bond acceptors (Lipinski definition) is 3. The van der Waals surface area contributed by atoms with Gasteiger partial charge < -0.3 is 10.0 Å². The highest BCUT2D eigenvalue weighted by atomic mass is 16.3. The number of rotatable bonds is 3. The maximum absolute atomic E-state index is 11.6. The highest BCUT2D eigenvalue weighted by molar-refractivity contribution is 5.98. The normalized spacial score (nSPS) is 18.3. The van der Waals surface area contributed by atoms with Crippen molar-refractivity contribution in [2.75, 3.05) is 13.1 Å². The molecule has 86 valence electrons. The van der Waals surface area contributed by atoms with Gasteiger partial charge in [-0.05, 0) is 12.8 Å². The van der Waals surface area contributed by atoms with E-state index in [0.717, 1.165) is 0 Å². The summed E-state index contributed by atoms with van der Waals surface area (Å²) in [4.78, 5) is 24.7. The highest BCUT2D eigenvalue weighted by Gasteiger charge is 2.23. The Kier molecular flexibility index (Phi) is 4.27. The number of ketones is 1. The molecule has 0 unspecified atom stereocenters. The van der Waals surface area contributed by atoms with Crippen molar-refractivity contribution in [3.05, 3.63) is 0 Å². The van der Waals surface area contributed by atoms with Gasteiger partial charge in [0.05, 0.1) is 12.5 Å². The van der Waals surface area contributed by atoms with Gasteiger partial charge in [-0.25, -0.2) is 0 Å². The molecule has 1 aliphatic rings. The minimum absolute atomic E-state index is 0.00770. The van der Waals surface area contributed by atoms with Crippen LogP contribution in [-0.4, -0.2) is 40.9 Å².